The molecular formula is C11H8BrF2NO5S. The summed E-state index contributed by atoms with van der Waals surface area (Å²) in [7, 11) is -4.98. The fraction of sp³-hybridized carbons (Fsp3) is 0.273. The van der Waals surface area contributed by atoms with E-state index < -0.39 is 57.4 Å². The number of rotatable bonds is 3. The molecular weight excluding hydrogens is 376 g/mol. The zero-order chi connectivity index (χ0) is 15.9. The van der Waals surface area contributed by atoms with Crippen LogP contribution in [0, 0.1) is 5.82 Å². The van der Waals surface area contributed by atoms with Gasteiger partial charge >= 0.3 is 16.2 Å². The van der Waals surface area contributed by atoms with Gasteiger partial charge in [-0.05, 0) is 28.1 Å². The number of nitrogens with zero attached hydrogens (tertiary/aromatic N) is 1. The van der Waals surface area contributed by atoms with Crippen LogP contribution in [0.15, 0.2) is 16.6 Å². The summed E-state index contributed by atoms with van der Waals surface area (Å²) in [5.74, 6) is -3.38. The molecule has 0 saturated carbocycles. The van der Waals surface area contributed by atoms with Crippen LogP contribution in [-0.2, 0) is 15.0 Å². The molecule has 6 nitrogen and oxygen atoms in total. The number of hydrogen-bond acceptors (Lipinski definition) is 4. The van der Waals surface area contributed by atoms with Crippen LogP contribution >= 0.6 is 15.9 Å². The molecule has 0 bridgehead atoms. The minimum absolute atomic E-state index is 0.0955. The van der Waals surface area contributed by atoms with Gasteiger partial charge in [-0.15, -0.1) is 3.89 Å². The third kappa shape index (κ3) is 2.91. The van der Waals surface area contributed by atoms with E-state index in [0.717, 1.165) is 12.1 Å². The van der Waals surface area contributed by atoms with E-state index in [0.29, 0.717) is 4.90 Å². The number of carbonyl (C=O) groups is 2. The topological polar surface area (TPSA) is 91.8 Å². The van der Waals surface area contributed by atoms with E-state index in [1.54, 1.807) is 0 Å². The van der Waals surface area contributed by atoms with E-state index in [1.807, 2.05) is 0 Å². The number of hydrogen-bond donors (Lipinski definition) is 1. The van der Waals surface area contributed by atoms with Crippen LogP contribution in [0.5, 0.6) is 0 Å². The standard InChI is InChI=1S/C11H8BrF2NO5S/c12-7-2-1-6(11(17)18)10(9(7)13)15-4-5(3-8(15)16)21(14,19)20/h1-2,5H,3-4H2,(H,17,18). The lowest BCUT2D eigenvalue weighted by Crippen LogP contribution is -2.29. The highest BCUT2D eigenvalue weighted by atomic mass is 79.9. The predicted octanol–water partition coefficient (Wildman–Crippen LogP) is 1.69. The van der Waals surface area contributed by atoms with Gasteiger partial charge in [-0.1, -0.05) is 0 Å². The van der Waals surface area contributed by atoms with Crippen LogP contribution in [0.2, 0.25) is 0 Å². The molecule has 1 aromatic carbocycles. The van der Waals surface area contributed by atoms with Crippen molar-refractivity contribution in [2.24, 2.45) is 0 Å². The van der Waals surface area contributed by atoms with Crippen LogP contribution in [0.3, 0.4) is 0 Å². The van der Waals surface area contributed by atoms with Crippen molar-refractivity contribution in [1.82, 2.24) is 0 Å². The van der Waals surface area contributed by atoms with Crippen molar-refractivity contribution in [3.05, 3.63) is 28.0 Å². The SMILES string of the molecule is O=C(O)c1ccc(Br)c(F)c1N1CC(S(=O)(=O)F)CC1=O. The molecule has 1 aromatic rings. The molecule has 0 aromatic heterocycles. The zero-order valence-corrected chi connectivity index (χ0v) is 12.6. The third-order valence-corrected chi connectivity index (χ3v) is 4.78. The molecule has 1 unspecified atom stereocenters. The van der Waals surface area contributed by atoms with E-state index >= 15 is 0 Å². The average molecular weight is 384 g/mol. The first-order valence-electron chi connectivity index (χ1n) is 5.58. The Labute approximate surface area is 126 Å². The van der Waals surface area contributed by atoms with Crippen LogP contribution in [0.1, 0.15) is 16.8 Å². The summed E-state index contributed by atoms with van der Waals surface area (Å²) in [6, 6.07) is 2.21. The first-order valence-corrected chi connectivity index (χ1v) is 7.82. The second-order valence-corrected chi connectivity index (χ2v) is 6.84. The summed E-state index contributed by atoms with van der Waals surface area (Å²) in [6.45, 7) is -0.634. The molecule has 21 heavy (non-hydrogen) atoms. The van der Waals surface area contributed by atoms with E-state index in [1.165, 1.54) is 0 Å². The molecule has 1 atom stereocenters. The van der Waals surface area contributed by atoms with Crippen molar-refractivity contribution < 1.29 is 31.4 Å². The second-order valence-electron chi connectivity index (χ2n) is 4.37. The number of amides is 1. The minimum Gasteiger partial charge on any atom is -0.478 e. The second kappa shape index (κ2) is 5.34. The maximum absolute atomic E-state index is 14.1. The van der Waals surface area contributed by atoms with Gasteiger partial charge in [-0.3, -0.25) is 4.79 Å². The molecule has 1 aliphatic rings. The number of carboxylic acids is 1. The van der Waals surface area contributed by atoms with Crippen LogP contribution in [0.25, 0.3) is 0 Å². The Bertz CT molecular complexity index is 736. The zero-order valence-electron chi connectivity index (χ0n) is 10.2. The smallest absolute Gasteiger partial charge is 0.337 e. The molecule has 0 spiro atoms. The van der Waals surface area contributed by atoms with Gasteiger partial charge in [0.1, 0.15) is 5.25 Å². The molecule has 0 radical (unpaired) electrons. The van der Waals surface area contributed by atoms with E-state index in [-0.39, 0.29) is 4.47 Å². The maximum Gasteiger partial charge on any atom is 0.337 e. The van der Waals surface area contributed by atoms with Gasteiger partial charge in [0.15, 0.2) is 5.82 Å². The van der Waals surface area contributed by atoms with Gasteiger partial charge in [0.05, 0.1) is 15.7 Å². The van der Waals surface area contributed by atoms with E-state index in [4.69, 9.17) is 5.11 Å². The number of carbonyl (C=O) groups excluding carboxylic acids is 1. The normalized spacial score (nSPS) is 19.1. The van der Waals surface area contributed by atoms with Crippen molar-refractivity contribution in [3.8, 4) is 0 Å². The summed E-state index contributed by atoms with van der Waals surface area (Å²) < 4.78 is 48.7. The van der Waals surface area contributed by atoms with Gasteiger partial charge in [0.25, 0.3) is 0 Å². The van der Waals surface area contributed by atoms with E-state index in [9.17, 15) is 26.3 Å². The quantitative estimate of drug-likeness (QED) is 0.801. The van der Waals surface area contributed by atoms with Gasteiger partial charge in [0.2, 0.25) is 5.91 Å². The first kappa shape index (κ1) is 15.8. The third-order valence-electron chi connectivity index (χ3n) is 3.06. The molecule has 1 N–H and O–H groups in total. The molecule has 2 rings (SSSR count). The molecule has 114 valence electrons. The summed E-state index contributed by atoms with van der Waals surface area (Å²) in [4.78, 5) is 23.5. The minimum atomic E-state index is -4.98. The fourth-order valence-corrected chi connectivity index (χ4v) is 3.04. The van der Waals surface area contributed by atoms with Gasteiger partial charge in [-0.25, -0.2) is 9.18 Å². The lowest BCUT2D eigenvalue weighted by molar-refractivity contribution is -0.117. The van der Waals surface area contributed by atoms with Crippen molar-refractivity contribution in [1.29, 1.82) is 0 Å². The summed E-state index contributed by atoms with van der Waals surface area (Å²) in [5, 5.41) is 7.41. The lowest BCUT2D eigenvalue weighted by Gasteiger charge is -2.19. The summed E-state index contributed by atoms with van der Waals surface area (Å²) in [5.41, 5.74) is -1.09. The number of carboxylic acid groups (broad SMARTS) is 1. The molecule has 1 amide bonds. The Morgan fingerprint density at radius 2 is 2.05 bits per heavy atom. The first-order chi connectivity index (χ1) is 9.62. The Morgan fingerprint density at radius 3 is 2.52 bits per heavy atom. The van der Waals surface area contributed by atoms with E-state index in [2.05, 4.69) is 15.9 Å². The number of benzene rings is 1. The van der Waals surface area contributed by atoms with Gasteiger partial charge in [0, 0.05) is 13.0 Å². The highest BCUT2D eigenvalue weighted by molar-refractivity contribution is 9.10. The largest absolute Gasteiger partial charge is 0.478 e. The molecule has 10 heteroatoms. The van der Waals surface area contributed by atoms with Crippen LogP contribution in [-0.4, -0.2) is 37.2 Å². The number of halogens is 3. The molecule has 1 aliphatic heterocycles. The monoisotopic (exact) mass is 383 g/mol. The van der Waals surface area contributed by atoms with Crippen molar-refractivity contribution in [2.45, 2.75) is 11.7 Å². The van der Waals surface area contributed by atoms with Crippen LogP contribution < -0.4 is 4.90 Å². The molecule has 1 saturated heterocycles. The fourth-order valence-electron chi connectivity index (χ4n) is 2.06. The Hall–Kier alpha value is -1.55. The lowest BCUT2D eigenvalue weighted by atomic mass is 10.1. The Morgan fingerprint density at radius 1 is 1.43 bits per heavy atom. The van der Waals surface area contributed by atoms with Crippen molar-refractivity contribution in [2.75, 3.05) is 11.4 Å². The molecule has 0 aliphatic carbocycles. The predicted molar refractivity (Wildman–Crippen MR) is 71.8 cm³/mol. The number of aromatic carboxylic acids is 1. The van der Waals surface area contributed by atoms with Crippen molar-refractivity contribution >= 4 is 43.7 Å². The maximum atomic E-state index is 14.1. The van der Waals surface area contributed by atoms with Gasteiger partial charge in [-0.2, -0.15) is 8.42 Å². The highest BCUT2D eigenvalue weighted by Gasteiger charge is 2.41. The Balaban J connectivity index is 2.55. The number of anilines is 1. The summed E-state index contributed by atoms with van der Waals surface area (Å²) in [6.07, 6.45) is -0.663. The average Bonchev–Trinajstić information content (AvgIpc) is 2.74. The van der Waals surface area contributed by atoms with Crippen molar-refractivity contribution in [3.63, 3.8) is 0 Å². The highest BCUT2D eigenvalue weighted by Crippen LogP contribution is 2.34. The Kier molecular flexibility index (Phi) is 4.02. The summed E-state index contributed by atoms with van der Waals surface area (Å²) >= 11 is 2.85. The van der Waals surface area contributed by atoms with Gasteiger partial charge < -0.3 is 10.0 Å². The van der Waals surface area contributed by atoms with Crippen LogP contribution in [0.4, 0.5) is 14.0 Å². The molecule has 1 heterocycles. The molecule has 1 fully saturated rings.